The molecule has 120 valence electrons. The third-order valence-corrected chi connectivity index (χ3v) is 4.89. The number of hydrogen-bond acceptors (Lipinski definition) is 4. The van der Waals surface area contributed by atoms with Crippen LogP contribution in [-0.2, 0) is 37.3 Å². The largest absolute Gasteiger partial charge is 0.347 e. The van der Waals surface area contributed by atoms with Gasteiger partial charge in [-0.25, -0.2) is 0 Å². The van der Waals surface area contributed by atoms with Crippen LogP contribution in [0.1, 0.15) is 29.2 Å². The van der Waals surface area contributed by atoms with Crippen LogP contribution >= 0.6 is 0 Å². The number of nitrogens with one attached hydrogen (secondary N) is 1. The van der Waals surface area contributed by atoms with Crippen LogP contribution in [0.15, 0.2) is 24.3 Å². The first-order chi connectivity index (χ1) is 11.2. The molecule has 2 aliphatic rings. The number of likely N-dealkylation sites (N-methyl/N-ethyl adjacent to an activating group) is 1. The van der Waals surface area contributed by atoms with E-state index in [1.54, 1.807) is 0 Å². The molecule has 2 aliphatic heterocycles. The topological polar surface area (TPSA) is 63.1 Å². The highest BCUT2D eigenvalue weighted by atomic mass is 16.2. The van der Waals surface area contributed by atoms with Crippen molar-refractivity contribution in [1.29, 1.82) is 0 Å². The summed E-state index contributed by atoms with van der Waals surface area (Å²) in [4.78, 5) is 14.7. The van der Waals surface area contributed by atoms with Crippen LogP contribution in [-0.4, -0.2) is 38.7 Å². The second-order valence-electron chi connectivity index (χ2n) is 6.41. The number of fused-ring (bicyclic) bond motifs is 2. The highest BCUT2D eigenvalue weighted by Crippen LogP contribution is 2.22. The van der Waals surface area contributed by atoms with Crippen molar-refractivity contribution < 1.29 is 4.79 Å². The number of aromatic nitrogens is 3. The van der Waals surface area contributed by atoms with Crippen LogP contribution in [0, 0.1) is 0 Å². The molecule has 0 spiro atoms. The highest BCUT2D eigenvalue weighted by Gasteiger charge is 2.29. The summed E-state index contributed by atoms with van der Waals surface area (Å²) in [5, 5.41) is 11.4. The van der Waals surface area contributed by atoms with Crippen molar-refractivity contribution in [2.24, 2.45) is 0 Å². The Morgan fingerprint density at radius 3 is 3.00 bits per heavy atom. The van der Waals surface area contributed by atoms with Crippen molar-refractivity contribution >= 4 is 5.91 Å². The minimum Gasteiger partial charge on any atom is -0.347 e. The third kappa shape index (κ3) is 2.63. The highest BCUT2D eigenvalue weighted by molar-refractivity contribution is 5.82. The van der Waals surface area contributed by atoms with E-state index in [0.717, 1.165) is 44.0 Å². The van der Waals surface area contributed by atoms with Gasteiger partial charge in [-0.2, -0.15) is 0 Å². The Labute approximate surface area is 135 Å². The Bertz CT molecular complexity index is 738. The van der Waals surface area contributed by atoms with Gasteiger partial charge in [0.1, 0.15) is 5.82 Å². The van der Waals surface area contributed by atoms with Gasteiger partial charge in [-0.15, -0.1) is 10.2 Å². The summed E-state index contributed by atoms with van der Waals surface area (Å²) in [6, 6.07) is 8.23. The Kier molecular flexibility index (Phi) is 3.61. The van der Waals surface area contributed by atoms with Gasteiger partial charge in [0.15, 0.2) is 5.82 Å². The molecule has 1 N–H and O–H groups in total. The Morgan fingerprint density at radius 1 is 1.30 bits per heavy atom. The molecule has 0 saturated carbocycles. The molecule has 2 aromatic rings. The van der Waals surface area contributed by atoms with Crippen molar-refractivity contribution in [2.75, 3.05) is 7.05 Å². The maximum atomic E-state index is 12.6. The van der Waals surface area contributed by atoms with Crippen molar-refractivity contribution in [2.45, 2.75) is 44.9 Å². The molecule has 1 aromatic heterocycles. The van der Waals surface area contributed by atoms with Gasteiger partial charge in [0, 0.05) is 19.5 Å². The summed E-state index contributed by atoms with van der Waals surface area (Å²) in [5.41, 5.74) is 2.59. The van der Waals surface area contributed by atoms with Crippen molar-refractivity contribution in [3.63, 3.8) is 0 Å². The lowest BCUT2D eigenvalue weighted by atomic mass is 9.94. The van der Waals surface area contributed by atoms with Crippen LogP contribution in [0.2, 0.25) is 0 Å². The Morgan fingerprint density at radius 2 is 2.13 bits per heavy atom. The molecule has 1 amide bonds. The standard InChI is InChI=1S/C17H21N5O/c1-21-11-13-6-3-2-5-12(13)9-14(21)17(23)18-10-16-20-19-15-7-4-8-22(15)16/h2-3,5-6,14H,4,7-11H2,1H3,(H,18,23)/t14-/m1/s1. The second-order valence-corrected chi connectivity index (χ2v) is 6.41. The Balaban J connectivity index is 1.43. The minimum atomic E-state index is -0.120. The minimum absolute atomic E-state index is 0.0670. The molecule has 0 aliphatic carbocycles. The summed E-state index contributed by atoms with van der Waals surface area (Å²) < 4.78 is 2.13. The van der Waals surface area contributed by atoms with Gasteiger partial charge in [0.05, 0.1) is 12.6 Å². The van der Waals surface area contributed by atoms with Gasteiger partial charge in [0.25, 0.3) is 0 Å². The number of nitrogens with zero attached hydrogens (tertiary/aromatic N) is 4. The van der Waals surface area contributed by atoms with Crippen molar-refractivity contribution in [3.8, 4) is 0 Å². The van der Waals surface area contributed by atoms with Crippen LogP contribution in [0.25, 0.3) is 0 Å². The Hall–Kier alpha value is -2.21. The number of aryl methyl sites for hydroxylation is 1. The quantitative estimate of drug-likeness (QED) is 0.915. The average Bonchev–Trinajstić information content (AvgIpc) is 3.15. The molecule has 0 bridgehead atoms. The number of rotatable bonds is 3. The van der Waals surface area contributed by atoms with Crippen molar-refractivity contribution in [1.82, 2.24) is 25.0 Å². The summed E-state index contributed by atoms with van der Waals surface area (Å²) in [5.74, 6) is 1.97. The van der Waals surface area contributed by atoms with E-state index in [4.69, 9.17) is 0 Å². The zero-order chi connectivity index (χ0) is 15.8. The molecule has 1 atom stereocenters. The number of carbonyl (C=O) groups is 1. The van der Waals surface area contributed by atoms with E-state index in [1.807, 2.05) is 13.1 Å². The molecule has 23 heavy (non-hydrogen) atoms. The molecule has 0 fully saturated rings. The molecule has 0 unspecified atom stereocenters. The van der Waals surface area contributed by atoms with Gasteiger partial charge in [0.2, 0.25) is 5.91 Å². The van der Waals surface area contributed by atoms with Crippen LogP contribution in [0.3, 0.4) is 0 Å². The first-order valence-corrected chi connectivity index (χ1v) is 8.18. The molecular weight excluding hydrogens is 290 g/mol. The molecular formula is C17H21N5O. The zero-order valence-electron chi connectivity index (χ0n) is 13.3. The maximum absolute atomic E-state index is 12.6. The van der Waals surface area contributed by atoms with Gasteiger partial charge < -0.3 is 9.88 Å². The first kappa shape index (κ1) is 14.4. The molecule has 0 radical (unpaired) electrons. The number of amides is 1. The SMILES string of the molecule is CN1Cc2ccccc2C[C@@H]1C(=O)NCc1nnc2n1CCC2. The molecule has 4 rings (SSSR count). The fraction of sp³-hybridized carbons (Fsp3) is 0.471. The van der Waals surface area contributed by atoms with Gasteiger partial charge >= 0.3 is 0 Å². The van der Waals surface area contributed by atoms with E-state index in [9.17, 15) is 4.79 Å². The lowest BCUT2D eigenvalue weighted by Crippen LogP contribution is -2.48. The van der Waals surface area contributed by atoms with E-state index >= 15 is 0 Å². The normalized spacial score (nSPS) is 20.1. The lowest BCUT2D eigenvalue weighted by Gasteiger charge is -2.33. The number of hydrogen-bond donors (Lipinski definition) is 1. The van der Waals surface area contributed by atoms with Crippen LogP contribution < -0.4 is 5.32 Å². The molecule has 6 nitrogen and oxygen atoms in total. The predicted octanol–water partition coefficient (Wildman–Crippen LogP) is 0.897. The third-order valence-electron chi connectivity index (χ3n) is 4.89. The van der Waals surface area contributed by atoms with Gasteiger partial charge in [-0.1, -0.05) is 24.3 Å². The monoisotopic (exact) mass is 311 g/mol. The molecule has 1 aromatic carbocycles. The summed E-state index contributed by atoms with van der Waals surface area (Å²) in [6.07, 6.45) is 2.87. The summed E-state index contributed by atoms with van der Waals surface area (Å²) in [6.45, 7) is 2.23. The maximum Gasteiger partial charge on any atom is 0.238 e. The average molecular weight is 311 g/mol. The summed E-state index contributed by atoms with van der Waals surface area (Å²) >= 11 is 0. The first-order valence-electron chi connectivity index (χ1n) is 8.18. The van der Waals surface area contributed by atoms with Crippen LogP contribution in [0.4, 0.5) is 0 Å². The lowest BCUT2D eigenvalue weighted by molar-refractivity contribution is -0.126. The summed E-state index contributed by atoms with van der Waals surface area (Å²) in [7, 11) is 2.01. The molecule has 3 heterocycles. The van der Waals surface area contributed by atoms with Crippen LogP contribution in [0.5, 0.6) is 0 Å². The van der Waals surface area contributed by atoms with E-state index in [2.05, 4.69) is 43.2 Å². The molecule has 6 heteroatoms. The van der Waals surface area contributed by atoms with Crippen molar-refractivity contribution in [3.05, 3.63) is 47.0 Å². The zero-order valence-corrected chi connectivity index (χ0v) is 13.3. The fourth-order valence-corrected chi connectivity index (χ4v) is 3.57. The predicted molar refractivity (Wildman–Crippen MR) is 85.6 cm³/mol. The molecule has 0 saturated heterocycles. The number of benzene rings is 1. The van der Waals surface area contributed by atoms with E-state index in [-0.39, 0.29) is 11.9 Å². The van der Waals surface area contributed by atoms with E-state index in [0.29, 0.717) is 6.54 Å². The second kappa shape index (κ2) is 5.77. The van der Waals surface area contributed by atoms with Gasteiger partial charge in [-0.05, 0) is 31.0 Å². The van der Waals surface area contributed by atoms with Gasteiger partial charge in [-0.3, -0.25) is 9.69 Å². The fourth-order valence-electron chi connectivity index (χ4n) is 3.57. The smallest absolute Gasteiger partial charge is 0.238 e. The van der Waals surface area contributed by atoms with E-state index in [1.165, 1.54) is 11.1 Å². The number of carbonyl (C=O) groups excluding carboxylic acids is 1. The van der Waals surface area contributed by atoms with E-state index < -0.39 is 0 Å².